The molecule has 34 heavy (non-hydrogen) atoms. The zero-order valence-electron chi connectivity index (χ0n) is 18.5. The second kappa shape index (κ2) is 10.7. The quantitative estimate of drug-likeness (QED) is 0.260. The molecule has 10 heteroatoms. The fraction of sp³-hybridized carbons (Fsp3) is 0.250. The van der Waals surface area contributed by atoms with Crippen molar-refractivity contribution in [2.45, 2.75) is 13.5 Å². The van der Waals surface area contributed by atoms with Crippen LogP contribution < -0.4 is 9.64 Å². The molecular formula is C24H23ClN4O4S. The number of aromatic nitrogens is 1. The van der Waals surface area contributed by atoms with Crippen LogP contribution in [0.3, 0.4) is 0 Å². The number of ether oxygens (including phenoxy) is 1. The van der Waals surface area contributed by atoms with E-state index in [2.05, 4.69) is 4.98 Å². The number of carbonyl (C=O) groups is 1. The Kier molecular flexibility index (Phi) is 7.44. The molecule has 3 aromatic rings. The van der Waals surface area contributed by atoms with Gasteiger partial charge in [-0.1, -0.05) is 23.7 Å². The topological polar surface area (TPSA) is 88.8 Å². The summed E-state index contributed by atoms with van der Waals surface area (Å²) in [6.45, 7) is 4.35. The molecule has 0 saturated carbocycles. The van der Waals surface area contributed by atoms with E-state index in [1.54, 1.807) is 40.5 Å². The maximum Gasteiger partial charge on any atom is 0.294 e. The van der Waals surface area contributed by atoms with E-state index in [0.29, 0.717) is 43.5 Å². The number of hydrogen-bond acceptors (Lipinski definition) is 7. The lowest BCUT2D eigenvalue weighted by atomic mass is 10.2. The number of amides is 1. The Morgan fingerprint density at radius 3 is 2.59 bits per heavy atom. The normalized spacial score (nSPS) is 13.9. The Morgan fingerprint density at radius 1 is 1.21 bits per heavy atom. The number of halogens is 1. The van der Waals surface area contributed by atoms with E-state index in [-0.39, 0.29) is 11.6 Å². The number of piperazine rings is 1. The van der Waals surface area contributed by atoms with E-state index < -0.39 is 4.92 Å². The Hall–Kier alpha value is -3.43. The highest BCUT2D eigenvalue weighted by molar-refractivity contribution is 7.09. The van der Waals surface area contributed by atoms with Gasteiger partial charge in [-0.2, -0.15) is 0 Å². The fourth-order valence-electron chi connectivity index (χ4n) is 3.66. The molecule has 0 atom stereocenters. The maximum atomic E-state index is 12.6. The number of anilines is 1. The summed E-state index contributed by atoms with van der Waals surface area (Å²) in [5, 5.41) is 14.7. The molecule has 0 bridgehead atoms. The van der Waals surface area contributed by atoms with Crippen LogP contribution in [0.25, 0.3) is 6.08 Å². The largest absolute Gasteiger partial charge is 0.487 e. The highest BCUT2D eigenvalue weighted by Gasteiger charge is 2.25. The van der Waals surface area contributed by atoms with Crippen molar-refractivity contribution in [2.24, 2.45) is 0 Å². The molecule has 1 amide bonds. The molecule has 0 unspecified atom stereocenters. The number of benzene rings is 2. The number of nitro groups is 1. The second-order valence-electron chi connectivity index (χ2n) is 7.75. The highest BCUT2D eigenvalue weighted by atomic mass is 35.5. The Balaban J connectivity index is 1.29. The predicted octanol–water partition coefficient (Wildman–Crippen LogP) is 4.95. The average Bonchev–Trinajstić information content (AvgIpc) is 3.27. The van der Waals surface area contributed by atoms with E-state index in [1.165, 1.54) is 6.07 Å². The van der Waals surface area contributed by atoms with Gasteiger partial charge in [0.2, 0.25) is 5.91 Å². The van der Waals surface area contributed by atoms with Crippen molar-refractivity contribution in [1.82, 2.24) is 9.88 Å². The van der Waals surface area contributed by atoms with Crippen molar-refractivity contribution in [3.63, 3.8) is 0 Å². The average molecular weight is 499 g/mol. The van der Waals surface area contributed by atoms with Gasteiger partial charge >= 0.3 is 0 Å². The Labute approximate surface area is 206 Å². The van der Waals surface area contributed by atoms with Gasteiger partial charge in [-0.25, -0.2) is 4.98 Å². The summed E-state index contributed by atoms with van der Waals surface area (Å²) in [5.74, 6) is 0.644. The molecule has 0 radical (unpaired) electrons. The van der Waals surface area contributed by atoms with Crippen LogP contribution in [0.15, 0.2) is 53.9 Å². The molecule has 176 valence electrons. The van der Waals surface area contributed by atoms with Crippen molar-refractivity contribution in [1.29, 1.82) is 0 Å². The third-order valence-corrected chi connectivity index (χ3v) is 6.48. The molecule has 0 N–H and O–H groups in total. The van der Waals surface area contributed by atoms with Crippen molar-refractivity contribution < 1.29 is 14.5 Å². The van der Waals surface area contributed by atoms with Crippen LogP contribution in [0.2, 0.25) is 5.02 Å². The summed E-state index contributed by atoms with van der Waals surface area (Å²) in [6, 6.07) is 12.2. The third-order valence-electron chi connectivity index (χ3n) is 5.42. The summed E-state index contributed by atoms with van der Waals surface area (Å²) in [6.07, 6.45) is 3.32. The number of rotatable bonds is 7. The molecule has 4 rings (SSSR count). The van der Waals surface area contributed by atoms with Crippen LogP contribution in [0.5, 0.6) is 5.75 Å². The summed E-state index contributed by atoms with van der Waals surface area (Å²) >= 11 is 7.50. The molecule has 8 nitrogen and oxygen atoms in total. The molecule has 0 aliphatic carbocycles. The molecule has 1 aromatic heterocycles. The standard InChI is InChI=1S/C24H23ClN4O4S/c1-17-26-20(16-34-17)15-33-21-6-2-18(3-7-21)4-9-24(30)28-12-10-27(11-13-28)22-8-5-19(25)14-23(22)29(31)32/h2-9,14,16H,10-13,15H2,1H3/b9-4+. The summed E-state index contributed by atoms with van der Waals surface area (Å²) in [5.41, 5.74) is 2.29. The third kappa shape index (κ3) is 5.92. The molecule has 1 aliphatic heterocycles. The van der Waals surface area contributed by atoms with Gasteiger partial charge in [0.25, 0.3) is 5.69 Å². The molecule has 0 spiro atoms. The SMILES string of the molecule is Cc1nc(COc2ccc(/C=C/C(=O)N3CCN(c4ccc(Cl)cc4[N+](=O)[O-])CC3)cc2)cs1. The van der Waals surface area contributed by atoms with E-state index in [1.807, 2.05) is 41.5 Å². The van der Waals surface area contributed by atoms with Gasteiger partial charge in [0.1, 0.15) is 18.0 Å². The van der Waals surface area contributed by atoms with Crippen molar-refractivity contribution in [2.75, 3.05) is 31.1 Å². The predicted molar refractivity (Wildman–Crippen MR) is 134 cm³/mol. The minimum atomic E-state index is -0.433. The van der Waals surface area contributed by atoms with Crippen LogP contribution in [0.1, 0.15) is 16.3 Å². The number of hydrogen-bond donors (Lipinski definition) is 0. The minimum absolute atomic E-state index is 0.0266. The Morgan fingerprint density at radius 2 is 1.94 bits per heavy atom. The van der Waals surface area contributed by atoms with Gasteiger partial charge in [-0.15, -0.1) is 11.3 Å². The second-order valence-corrected chi connectivity index (χ2v) is 9.25. The van der Waals surface area contributed by atoms with Gasteiger partial charge in [-0.05, 0) is 42.8 Å². The molecule has 2 heterocycles. The lowest BCUT2D eigenvalue weighted by Crippen LogP contribution is -2.48. The first-order chi connectivity index (χ1) is 16.4. The van der Waals surface area contributed by atoms with Gasteiger partial charge < -0.3 is 14.5 Å². The van der Waals surface area contributed by atoms with Crippen molar-refractivity contribution in [3.05, 3.63) is 85.3 Å². The molecular weight excluding hydrogens is 476 g/mol. The number of carbonyl (C=O) groups excluding carboxylic acids is 1. The molecule has 2 aromatic carbocycles. The lowest BCUT2D eigenvalue weighted by molar-refractivity contribution is -0.384. The number of aryl methyl sites for hydroxylation is 1. The summed E-state index contributed by atoms with van der Waals surface area (Å²) in [7, 11) is 0. The number of thiazole rings is 1. The summed E-state index contributed by atoms with van der Waals surface area (Å²) in [4.78, 5) is 31.6. The summed E-state index contributed by atoms with van der Waals surface area (Å²) < 4.78 is 5.75. The maximum absolute atomic E-state index is 12.6. The monoisotopic (exact) mass is 498 g/mol. The van der Waals surface area contributed by atoms with Crippen LogP contribution in [-0.2, 0) is 11.4 Å². The minimum Gasteiger partial charge on any atom is -0.487 e. The smallest absolute Gasteiger partial charge is 0.294 e. The van der Waals surface area contributed by atoms with E-state index in [9.17, 15) is 14.9 Å². The lowest BCUT2D eigenvalue weighted by Gasteiger charge is -2.35. The van der Waals surface area contributed by atoms with Gasteiger partial charge in [0.15, 0.2) is 0 Å². The van der Waals surface area contributed by atoms with E-state index in [0.717, 1.165) is 22.0 Å². The first kappa shape index (κ1) is 23.7. The van der Waals surface area contributed by atoms with Crippen molar-refractivity contribution in [3.8, 4) is 5.75 Å². The number of nitrogens with zero attached hydrogens (tertiary/aromatic N) is 4. The molecule has 1 fully saturated rings. The van der Waals surface area contributed by atoms with Gasteiger partial charge in [-0.3, -0.25) is 14.9 Å². The fourth-order valence-corrected chi connectivity index (χ4v) is 4.42. The zero-order chi connectivity index (χ0) is 24.1. The zero-order valence-corrected chi connectivity index (χ0v) is 20.1. The highest BCUT2D eigenvalue weighted by Crippen LogP contribution is 2.31. The van der Waals surface area contributed by atoms with Crippen molar-refractivity contribution >= 4 is 46.3 Å². The molecule has 1 aliphatic rings. The Bertz CT molecular complexity index is 1200. The van der Waals surface area contributed by atoms with Gasteiger partial charge in [0.05, 0.1) is 15.6 Å². The van der Waals surface area contributed by atoms with Crippen LogP contribution in [0, 0.1) is 17.0 Å². The van der Waals surface area contributed by atoms with Crippen LogP contribution in [-0.4, -0.2) is 46.9 Å². The van der Waals surface area contributed by atoms with E-state index >= 15 is 0 Å². The van der Waals surface area contributed by atoms with E-state index in [4.69, 9.17) is 16.3 Å². The first-order valence-corrected chi connectivity index (χ1v) is 11.9. The van der Waals surface area contributed by atoms with Crippen LogP contribution >= 0.6 is 22.9 Å². The van der Waals surface area contributed by atoms with Gasteiger partial charge in [0, 0.05) is 48.7 Å². The number of nitro benzene ring substituents is 1. The van der Waals surface area contributed by atoms with Crippen LogP contribution in [0.4, 0.5) is 11.4 Å². The first-order valence-electron chi connectivity index (χ1n) is 10.7. The molecule has 1 saturated heterocycles.